The Hall–Kier alpha value is -2.37. The molecule has 23 heavy (non-hydrogen) atoms. The second kappa shape index (κ2) is 7.26. The molecule has 0 radical (unpaired) electrons. The number of urea groups is 1. The molecule has 1 aliphatic heterocycles. The van der Waals surface area contributed by atoms with Crippen molar-refractivity contribution in [2.75, 3.05) is 11.4 Å². The largest absolute Gasteiger partial charge is 0.329 e. The van der Waals surface area contributed by atoms with E-state index in [9.17, 15) is 9.59 Å². The molecule has 0 spiro atoms. The van der Waals surface area contributed by atoms with Gasteiger partial charge in [0, 0.05) is 25.4 Å². The van der Waals surface area contributed by atoms with Gasteiger partial charge in [0.25, 0.3) is 0 Å². The van der Waals surface area contributed by atoms with Crippen LogP contribution in [0.2, 0.25) is 0 Å². The SMILES string of the molecule is CCC.CCc1ccc2c(N3CCC(=O)NC3=O)nn(C)c2c1. The van der Waals surface area contributed by atoms with Gasteiger partial charge < -0.3 is 0 Å². The number of amides is 3. The Balaban J connectivity index is 0.000000595. The van der Waals surface area contributed by atoms with Crippen LogP contribution in [-0.4, -0.2) is 28.3 Å². The molecule has 0 bridgehead atoms. The first-order chi connectivity index (χ1) is 11.0. The van der Waals surface area contributed by atoms with Gasteiger partial charge in [-0.05, 0) is 24.1 Å². The van der Waals surface area contributed by atoms with Gasteiger partial charge in [0.1, 0.15) is 0 Å². The Kier molecular flexibility index (Phi) is 5.36. The lowest BCUT2D eigenvalue weighted by molar-refractivity contribution is -0.120. The van der Waals surface area contributed by atoms with Gasteiger partial charge in [-0.1, -0.05) is 33.3 Å². The van der Waals surface area contributed by atoms with Crippen LogP contribution in [0, 0.1) is 0 Å². The summed E-state index contributed by atoms with van der Waals surface area (Å²) in [6.07, 6.45) is 2.51. The number of rotatable bonds is 2. The summed E-state index contributed by atoms with van der Waals surface area (Å²) in [7, 11) is 1.86. The number of carbonyl (C=O) groups excluding carboxylic acids is 2. The Labute approximate surface area is 136 Å². The average molecular weight is 316 g/mol. The highest BCUT2D eigenvalue weighted by atomic mass is 16.2. The maximum absolute atomic E-state index is 11.9. The Morgan fingerprint density at radius 3 is 2.52 bits per heavy atom. The molecule has 1 aromatic carbocycles. The number of carbonyl (C=O) groups is 2. The molecule has 1 aromatic heterocycles. The molecule has 3 amide bonds. The molecule has 1 N–H and O–H groups in total. The van der Waals surface area contributed by atoms with Gasteiger partial charge in [0.2, 0.25) is 5.91 Å². The van der Waals surface area contributed by atoms with Crippen LogP contribution in [-0.2, 0) is 18.3 Å². The van der Waals surface area contributed by atoms with E-state index in [0.717, 1.165) is 17.3 Å². The fourth-order valence-electron chi connectivity index (χ4n) is 2.47. The lowest BCUT2D eigenvalue weighted by Gasteiger charge is -2.24. The van der Waals surface area contributed by atoms with Gasteiger partial charge in [-0.2, -0.15) is 5.10 Å². The van der Waals surface area contributed by atoms with Gasteiger partial charge in [0.05, 0.1) is 5.52 Å². The fourth-order valence-corrected chi connectivity index (χ4v) is 2.47. The third-order valence-electron chi connectivity index (χ3n) is 3.61. The van der Waals surface area contributed by atoms with Crippen LogP contribution in [0.15, 0.2) is 18.2 Å². The quantitative estimate of drug-likeness (QED) is 0.926. The molecular formula is C17H24N4O2. The molecule has 1 aliphatic rings. The van der Waals surface area contributed by atoms with Gasteiger partial charge in [-0.25, -0.2) is 4.79 Å². The van der Waals surface area contributed by atoms with Crippen LogP contribution in [0.25, 0.3) is 10.9 Å². The van der Waals surface area contributed by atoms with Crippen LogP contribution in [0.5, 0.6) is 0 Å². The molecule has 1 saturated heterocycles. The van der Waals surface area contributed by atoms with Crippen LogP contribution < -0.4 is 10.2 Å². The zero-order valence-corrected chi connectivity index (χ0v) is 14.2. The summed E-state index contributed by atoms with van der Waals surface area (Å²) < 4.78 is 1.77. The van der Waals surface area contributed by atoms with Gasteiger partial charge in [0.15, 0.2) is 5.82 Å². The number of benzene rings is 1. The average Bonchev–Trinajstić information content (AvgIpc) is 2.84. The van der Waals surface area contributed by atoms with Crippen molar-refractivity contribution in [2.24, 2.45) is 7.05 Å². The van der Waals surface area contributed by atoms with E-state index >= 15 is 0 Å². The number of aromatic nitrogens is 2. The maximum Gasteiger partial charge on any atom is 0.329 e. The highest BCUT2D eigenvalue weighted by Gasteiger charge is 2.27. The molecule has 3 rings (SSSR count). The zero-order chi connectivity index (χ0) is 17.0. The summed E-state index contributed by atoms with van der Waals surface area (Å²) >= 11 is 0. The van der Waals surface area contributed by atoms with Crippen LogP contribution in [0.1, 0.15) is 39.2 Å². The molecule has 2 heterocycles. The summed E-state index contributed by atoms with van der Waals surface area (Å²) in [4.78, 5) is 24.7. The molecule has 0 unspecified atom stereocenters. The number of nitrogens with zero attached hydrogens (tertiary/aromatic N) is 3. The number of anilines is 1. The van der Waals surface area contributed by atoms with E-state index in [2.05, 4.69) is 37.3 Å². The summed E-state index contributed by atoms with van der Waals surface area (Å²) in [5, 5.41) is 7.68. The lowest BCUT2D eigenvalue weighted by Crippen LogP contribution is -2.49. The molecule has 124 valence electrons. The lowest BCUT2D eigenvalue weighted by atomic mass is 10.1. The third-order valence-corrected chi connectivity index (χ3v) is 3.61. The van der Waals surface area contributed by atoms with Crippen molar-refractivity contribution in [3.05, 3.63) is 23.8 Å². The molecule has 1 fully saturated rings. The number of hydrogen-bond acceptors (Lipinski definition) is 3. The number of imide groups is 1. The normalized spacial score (nSPS) is 14.5. The number of aryl methyl sites for hydroxylation is 2. The Morgan fingerprint density at radius 1 is 1.22 bits per heavy atom. The predicted molar refractivity (Wildman–Crippen MR) is 91.6 cm³/mol. The van der Waals surface area contributed by atoms with Gasteiger partial charge in [-0.15, -0.1) is 0 Å². The molecule has 6 nitrogen and oxygen atoms in total. The van der Waals surface area contributed by atoms with Crippen LogP contribution in [0.4, 0.5) is 10.6 Å². The van der Waals surface area contributed by atoms with Crippen molar-refractivity contribution in [2.45, 2.75) is 40.0 Å². The first-order valence-corrected chi connectivity index (χ1v) is 8.08. The topological polar surface area (TPSA) is 67.2 Å². The smallest absolute Gasteiger partial charge is 0.278 e. The Morgan fingerprint density at radius 2 is 1.91 bits per heavy atom. The zero-order valence-electron chi connectivity index (χ0n) is 14.2. The van der Waals surface area contributed by atoms with Crippen LogP contribution >= 0.6 is 0 Å². The van der Waals surface area contributed by atoms with Gasteiger partial charge in [-0.3, -0.25) is 19.7 Å². The highest BCUT2D eigenvalue weighted by Crippen LogP contribution is 2.27. The summed E-state index contributed by atoms with van der Waals surface area (Å²) in [6.45, 7) is 6.72. The van der Waals surface area contributed by atoms with Crippen molar-refractivity contribution in [3.63, 3.8) is 0 Å². The van der Waals surface area contributed by atoms with Crippen molar-refractivity contribution in [3.8, 4) is 0 Å². The molecule has 0 aliphatic carbocycles. The highest BCUT2D eigenvalue weighted by molar-refractivity contribution is 6.08. The minimum Gasteiger partial charge on any atom is -0.278 e. The minimum atomic E-state index is -0.402. The molecule has 2 aromatic rings. The van der Waals surface area contributed by atoms with Crippen LogP contribution in [0.3, 0.4) is 0 Å². The second-order valence-corrected chi connectivity index (χ2v) is 5.61. The standard InChI is InChI=1S/C14H16N4O2.C3H8/c1-3-9-4-5-10-11(8-9)17(2)16-13(10)18-7-6-12(19)15-14(18)20;1-3-2/h4-5,8H,3,6-7H2,1-2H3,(H,15,19,20);3H2,1-2H3. The molecule has 6 heteroatoms. The maximum atomic E-state index is 11.9. The summed E-state index contributed by atoms with van der Waals surface area (Å²) in [6, 6.07) is 5.71. The van der Waals surface area contributed by atoms with E-state index in [1.54, 1.807) is 4.68 Å². The van der Waals surface area contributed by atoms with E-state index in [-0.39, 0.29) is 5.91 Å². The van der Waals surface area contributed by atoms with Crippen molar-refractivity contribution in [1.29, 1.82) is 0 Å². The molecular weight excluding hydrogens is 292 g/mol. The predicted octanol–water partition coefficient (Wildman–Crippen LogP) is 3.00. The summed E-state index contributed by atoms with van der Waals surface area (Å²) in [5.41, 5.74) is 2.22. The van der Waals surface area contributed by atoms with E-state index < -0.39 is 6.03 Å². The van der Waals surface area contributed by atoms with E-state index in [4.69, 9.17) is 0 Å². The van der Waals surface area contributed by atoms with E-state index in [1.807, 2.05) is 19.2 Å². The van der Waals surface area contributed by atoms with Gasteiger partial charge >= 0.3 is 6.03 Å². The Bertz CT molecular complexity index is 721. The third kappa shape index (κ3) is 3.52. The first-order valence-electron chi connectivity index (χ1n) is 8.08. The molecule has 0 atom stereocenters. The van der Waals surface area contributed by atoms with E-state index in [0.29, 0.717) is 18.8 Å². The second-order valence-electron chi connectivity index (χ2n) is 5.61. The number of fused-ring (bicyclic) bond motifs is 1. The summed E-state index contributed by atoms with van der Waals surface area (Å²) in [5.74, 6) is 0.370. The van der Waals surface area contributed by atoms with Crippen molar-refractivity contribution < 1.29 is 9.59 Å². The van der Waals surface area contributed by atoms with Crippen molar-refractivity contribution in [1.82, 2.24) is 15.1 Å². The number of hydrogen-bond donors (Lipinski definition) is 1. The monoisotopic (exact) mass is 316 g/mol. The fraction of sp³-hybridized carbons (Fsp3) is 0.471. The molecule has 0 saturated carbocycles. The number of nitrogens with one attached hydrogen (secondary N) is 1. The minimum absolute atomic E-state index is 0.236. The van der Waals surface area contributed by atoms with Crippen molar-refractivity contribution >= 4 is 28.7 Å². The first kappa shape index (κ1) is 17.0. The van der Waals surface area contributed by atoms with E-state index in [1.165, 1.54) is 16.9 Å².